The average Bonchev–Trinajstić information content (AvgIpc) is 2.91. The normalized spacial score (nSPS) is 14.0. The number of amides is 2. The lowest BCUT2D eigenvalue weighted by Gasteiger charge is -2.34. The minimum atomic E-state index is -0.515. The van der Waals surface area contributed by atoms with Crippen molar-refractivity contribution >= 4 is 40.4 Å². The number of rotatable bonds is 6. The number of Topliss-reactive ketones (excluding diaryl/α,β-unsaturated/α-hetero) is 1. The van der Waals surface area contributed by atoms with Crippen LogP contribution in [0.3, 0.4) is 0 Å². The lowest BCUT2D eigenvalue weighted by atomic mass is 9.92. The van der Waals surface area contributed by atoms with E-state index in [9.17, 15) is 19.2 Å². The second-order valence-electron chi connectivity index (χ2n) is 10.0. The molecule has 0 N–H and O–H groups in total. The maximum atomic E-state index is 13.6. The zero-order valence-electron chi connectivity index (χ0n) is 22.1. The van der Waals surface area contributed by atoms with Gasteiger partial charge in [0.2, 0.25) is 0 Å². The van der Waals surface area contributed by atoms with Crippen LogP contribution in [0.25, 0.3) is 16.6 Å². The van der Waals surface area contributed by atoms with E-state index in [0.29, 0.717) is 60.1 Å². The second-order valence-corrected chi connectivity index (χ2v) is 11.0. The van der Waals surface area contributed by atoms with Crippen molar-refractivity contribution in [3.8, 4) is 5.69 Å². The zero-order valence-corrected chi connectivity index (χ0v) is 22.9. The first-order valence-electron chi connectivity index (χ1n) is 12.6. The molecule has 10 heteroatoms. The van der Waals surface area contributed by atoms with Gasteiger partial charge in [0.25, 0.3) is 11.5 Å². The van der Waals surface area contributed by atoms with E-state index in [0.717, 1.165) is 0 Å². The third-order valence-electron chi connectivity index (χ3n) is 6.36. The smallest absolute Gasteiger partial charge is 0.409 e. The third kappa shape index (κ3) is 5.91. The number of hydrogen-bond acceptors (Lipinski definition) is 7. The number of hydrogen-bond donors (Lipinski definition) is 0. The summed E-state index contributed by atoms with van der Waals surface area (Å²) in [5.74, 6) is 0.0152. The molecule has 1 aliphatic heterocycles. The highest BCUT2D eigenvalue weighted by atomic mass is 32.2. The molecule has 0 radical (unpaired) electrons. The van der Waals surface area contributed by atoms with Crippen LogP contribution in [0.15, 0.2) is 58.5 Å². The first-order valence-corrected chi connectivity index (χ1v) is 13.6. The summed E-state index contributed by atoms with van der Waals surface area (Å²) in [5.41, 5.74) is 0.668. The van der Waals surface area contributed by atoms with E-state index in [4.69, 9.17) is 9.72 Å². The van der Waals surface area contributed by atoms with Crippen LogP contribution in [0.4, 0.5) is 4.79 Å². The highest BCUT2D eigenvalue weighted by Gasteiger charge is 2.26. The molecule has 0 bridgehead atoms. The molecule has 9 nitrogen and oxygen atoms in total. The Morgan fingerprint density at radius 3 is 2.26 bits per heavy atom. The minimum absolute atomic E-state index is 0.0438. The van der Waals surface area contributed by atoms with Crippen LogP contribution in [0.1, 0.15) is 38.1 Å². The van der Waals surface area contributed by atoms with E-state index in [1.54, 1.807) is 34.9 Å². The summed E-state index contributed by atoms with van der Waals surface area (Å²) in [6.45, 7) is 9.19. The van der Waals surface area contributed by atoms with Crippen LogP contribution < -0.4 is 5.56 Å². The number of carbonyl (C=O) groups excluding carboxylic acids is 3. The minimum Gasteiger partial charge on any atom is -0.450 e. The average molecular weight is 537 g/mol. The van der Waals surface area contributed by atoms with Gasteiger partial charge in [-0.1, -0.05) is 50.7 Å². The Morgan fingerprint density at radius 2 is 1.63 bits per heavy atom. The molecular weight excluding hydrogens is 504 g/mol. The number of fused-ring (bicyclic) bond motifs is 1. The van der Waals surface area contributed by atoms with Crippen molar-refractivity contribution in [3.63, 3.8) is 0 Å². The highest BCUT2D eigenvalue weighted by Crippen LogP contribution is 2.25. The van der Waals surface area contributed by atoms with Crippen molar-refractivity contribution in [2.75, 3.05) is 38.5 Å². The molecule has 0 saturated carbocycles. The van der Waals surface area contributed by atoms with Gasteiger partial charge in [0, 0.05) is 37.2 Å². The maximum Gasteiger partial charge on any atom is 0.409 e. The molecule has 2 aromatic carbocycles. The van der Waals surface area contributed by atoms with Crippen molar-refractivity contribution < 1.29 is 19.1 Å². The van der Waals surface area contributed by atoms with Gasteiger partial charge in [0.15, 0.2) is 5.16 Å². The Hall–Kier alpha value is -3.66. The van der Waals surface area contributed by atoms with Crippen LogP contribution in [-0.4, -0.2) is 75.7 Å². The molecule has 1 saturated heterocycles. The number of carbonyl (C=O) groups is 3. The second kappa shape index (κ2) is 11.4. The van der Waals surface area contributed by atoms with Crippen molar-refractivity contribution in [2.24, 2.45) is 5.41 Å². The molecule has 1 fully saturated rings. The number of nitrogens with zero attached hydrogens (tertiary/aromatic N) is 4. The summed E-state index contributed by atoms with van der Waals surface area (Å²) in [5, 5.41) is 0.767. The van der Waals surface area contributed by atoms with E-state index in [1.165, 1.54) is 16.3 Å². The fraction of sp³-hybridized carbons (Fsp3) is 0.393. The lowest BCUT2D eigenvalue weighted by molar-refractivity contribution is -0.123. The first kappa shape index (κ1) is 27.4. The zero-order chi connectivity index (χ0) is 27.4. The molecule has 1 aliphatic rings. The van der Waals surface area contributed by atoms with Gasteiger partial charge in [0.05, 0.1) is 29.0 Å². The summed E-state index contributed by atoms with van der Waals surface area (Å²) < 4.78 is 6.56. The van der Waals surface area contributed by atoms with E-state index < -0.39 is 5.41 Å². The Balaban J connectivity index is 1.65. The number of piperazine rings is 1. The summed E-state index contributed by atoms with van der Waals surface area (Å²) in [6.07, 6.45) is -0.376. The van der Waals surface area contributed by atoms with Gasteiger partial charge in [-0.05, 0) is 37.3 Å². The van der Waals surface area contributed by atoms with Crippen LogP contribution in [-0.2, 0) is 9.53 Å². The predicted octanol–water partition coefficient (Wildman–Crippen LogP) is 4.01. The van der Waals surface area contributed by atoms with Gasteiger partial charge < -0.3 is 14.5 Å². The molecule has 1 aromatic heterocycles. The molecule has 4 rings (SSSR count). The fourth-order valence-corrected chi connectivity index (χ4v) is 5.21. The topological polar surface area (TPSA) is 102 Å². The van der Waals surface area contributed by atoms with Crippen molar-refractivity contribution in [2.45, 2.75) is 32.9 Å². The van der Waals surface area contributed by atoms with Gasteiger partial charge in [0.1, 0.15) is 5.78 Å². The van der Waals surface area contributed by atoms with Gasteiger partial charge in [-0.25, -0.2) is 9.78 Å². The molecule has 38 heavy (non-hydrogen) atoms. The summed E-state index contributed by atoms with van der Waals surface area (Å²) in [6, 6.07) is 14.1. The number of ketones is 1. The van der Waals surface area contributed by atoms with Gasteiger partial charge >= 0.3 is 6.09 Å². The molecule has 0 aliphatic carbocycles. The largest absolute Gasteiger partial charge is 0.450 e. The molecule has 0 atom stereocenters. The van der Waals surface area contributed by atoms with E-state index in [-0.39, 0.29) is 29.1 Å². The molecule has 3 aromatic rings. The molecule has 2 heterocycles. The van der Waals surface area contributed by atoms with E-state index >= 15 is 0 Å². The molecule has 2 amide bonds. The number of para-hydroxylation sites is 1. The third-order valence-corrected chi connectivity index (χ3v) is 7.30. The van der Waals surface area contributed by atoms with Crippen LogP contribution in [0.2, 0.25) is 0 Å². The fourth-order valence-electron chi connectivity index (χ4n) is 4.04. The monoisotopic (exact) mass is 536 g/mol. The Bertz CT molecular complexity index is 1410. The first-order chi connectivity index (χ1) is 18.1. The van der Waals surface area contributed by atoms with Gasteiger partial charge in [-0.2, -0.15) is 0 Å². The SMILES string of the molecule is CCOC(=O)N1CCN(C(=O)c2ccc3c(=O)n(-c4ccccc4)c(SCC(=O)C(C)(C)C)nc3c2)CC1. The van der Waals surface area contributed by atoms with Gasteiger partial charge in [-0.15, -0.1) is 0 Å². The summed E-state index contributed by atoms with van der Waals surface area (Å²) >= 11 is 1.21. The maximum absolute atomic E-state index is 13.6. The Labute approximate surface area is 225 Å². The molecular formula is C28H32N4O5S. The number of ether oxygens (including phenoxy) is 1. The number of benzene rings is 2. The standard InChI is InChI=1S/C28H32N4O5S/c1-5-37-27(36)31-15-13-30(14-16-31)24(34)19-11-12-21-22(17-19)29-26(38-18-23(33)28(2,3)4)32(25(21)35)20-9-7-6-8-10-20/h6-12,17H,5,13-16,18H2,1-4H3. The van der Waals surface area contributed by atoms with Gasteiger partial charge in [-0.3, -0.25) is 19.0 Å². The molecule has 200 valence electrons. The molecule has 0 spiro atoms. The van der Waals surface area contributed by atoms with E-state index in [2.05, 4.69) is 0 Å². The van der Waals surface area contributed by atoms with Crippen molar-refractivity contribution in [1.82, 2.24) is 19.4 Å². The lowest BCUT2D eigenvalue weighted by Crippen LogP contribution is -2.50. The van der Waals surface area contributed by atoms with Crippen molar-refractivity contribution in [3.05, 3.63) is 64.4 Å². The number of thioether (sulfide) groups is 1. The van der Waals surface area contributed by atoms with Crippen molar-refractivity contribution in [1.29, 1.82) is 0 Å². The number of aromatic nitrogens is 2. The quantitative estimate of drug-likeness (QED) is 0.347. The highest BCUT2D eigenvalue weighted by molar-refractivity contribution is 7.99. The Morgan fingerprint density at radius 1 is 0.974 bits per heavy atom. The summed E-state index contributed by atoms with van der Waals surface area (Å²) in [7, 11) is 0. The molecule has 0 unspecified atom stereocenters. The van der Waals surface area contributed by atoms with Crippen LogP contribution >= 0.6 is 11.8 Å². The van der Waals surface area contributed by atoms with Crippen LogP contribution in [0.5, 0.6) is 0 Å². The Kier molecular flexibility index (Phi) is 8.20. The predicted molar refractivity (Wildman–Crippen MR) is 147 cm³/mol. The van der Waals surface area contributed by atoms with E-state index in [1.807, 2.05) is 51.1 Å². The van der Waals surface area contributed by atoms with Crippen LogP contribution in [0, 0.1) is 5.41 Å². The summed E-state index contributed by atoms with van der Waals surface area (Å²) in [4.78, 5) is 59.5.